The van der Waals surface area contributed by atoms with Crippen LogP contribution in [0.2, 0.25) is 0 Å². The Bertz CT molecular complexity index is 918. The minimum absolute atomic E-state index is 0.170. The van der Waals surface area contributed by atoms with Crippen molar-refractivity contribution in [2.45, 2.75) is 19.5 Å². The minimum atomic E-state index is -0.170. The van der Waals surface area contributed by atoms with Crippen molar-refractivity contribution in [1.82, 2.24) is 15.1 Å². The monoisotopic (exact) mass is 418 g/mol. The Morgan fingerprint density at radius 2 is 1.52 bits per heavy atom. The third-order valence-electron chi connectivity index (χ3n) is 5.58. The fraction of sp³-hybridized carbons (Fsp3) is 0.320. The number of hydrogen-bond acceptors (Lipinski definition) is 4. The van der Waals surface area contributed by atoms with Crippen molar-refractivity contribution in [3.05, 3.63) is 89.9 Å². The van der Waals surface area contributed by atoms with E-state index in [9.17, 15) is 4.79 Å². The lowest BCUT2D eigenvalue weighted by molar-refractivity contribution is 0.116. The molecule has 0 unspecified atom stereocenters. The van der Waals surface area contributed by atoms with Crippen molar-refractivity contribution in [3.63, 3.8) is 0 Å². The second-order valence-corrected chi connectivity index (χ2v) is 7.95. The van der Waals surface area contributed by atoms with Crippen molar-refractivity contribution in [1.29, 1.82) is 0 Å². The molecular formula is C25H30N4O2. The van der Waals surface area contributed by atoms with Crippen LogP contribution in [-0.2, 0) is 19.5 Å². The molecular weight excluding hydrogens is 388 g/mol. The number of anilines is 1. The van der Waals surface area contributed by atoms with Gasteiger partial charge in [-0.3, -0.25) is 9.80 Å². The van der Waals surface area contributed by atoms with Crippen LogP contribution in [0.4, 0.5) is 10.5 Å². The molecule has 1 fully saturated rings. The molecule has 1 aliphatic rings. The van der Waals surface area contributed by atoms with E-state index in [0.717, 1.165) is 57.1 Å². The molecule has 1 saturated heterocycles. The number of benzene rings is 2. The molecule has 1 aliphatic heterocycles. The number of rotatable bonds is 8. The van der Waals surface area contributed by atoms with Crippen molar-refractivity contribution >= 4 is 11.7 Å². The summed E-state index contributed by atoms with van der Waals surface area (Å²) in [6, 6.07) is 22.1. The number of nitrogens with one attached hydrogen (secondary N) is 2. The van der Waals surface area contributed by atoms with Gasteiger partial charge in [-0.25, -0.2) is 4.79 Å². The van der Waals surface area contributed by atoms with Crippen LogP contribution in [0.15, 0.2) is 77.4 Å². The van der Waals surface area contributed by atoms with Crippen molar-refractivity contribution in [2.24, 2.45) is 0 Å². The standard InChI is InChI=1S/C25H30N4O2/c30-25(26-13-12-21-5-2-1-3-6-21)27-23-10-8-22(9-11-23)19-28-14-16-29(17-15-28)20-24-7-4-18-31-24/h1-11,18H,12-17,19-20H2,(H2,26,27,30). The average Bonchev–Trinajstić information content (AvgIpc) is 3.30. The topological polar surface area (TPSA) is 60.8 Å². The number of carbonyl (C=O) groups excluding carboxylic acids is 1. The van der Waals surface area contributed by atoms with Gasteiger partial charge in [-0.2, -0.15) is 0 Å². The van der Waals surface area contributed by atoms with Crippen LogP contribution < -0.4 is 10.6 Å². The number of furan rings is 1. The third kappa shape index (κ3) is 6.70. The average molecular weight is 419 g/mol. The highest BCUT2D eigenvalue weighted by Gasteiger charge is 2.17. The number of hydrogen-bond donors (Lipinski definition) is 2. The van der Waals surface area contributed by atoms with E-state index in [-0.39, 0.29) is 6.03 Å². The van der Waals surface area contributed by atoms with E-state index < -0.39 is 0 Å². The van der Waals surface area contributed by atoms with Crippen LogP contribution in [0.3, 0.4) is 0 Å². The summed E-state index contributed by atoms with van der Waals surface area (Å²) in [5.74, 6) is 1.03. The van der Waals surface area contributed by atoms with Crippen LogP contribution in [0, 0.1) is 0 Å². The predicted molar refractivity (Wildman–Crippen MR) is 123 cm³/mol. The highest BCUT2D eigenvalue weighted by atomic mass is 16.3. The van der Waals surface area contributed by atoms with Gasteiger partial charge in [0, 0.05) is 45.0 Å². The second-order valence-electron chi connectivity index (χ2n) is 7.95. The Morgan fingerprint density at radius 1 is 0.806 bits per heavy atom. The summed E-state index contributed by atoms with van der Waals surface area (Å²) in [4.78, 5) is 17.0. The van der Waals surface area contributed by atoms with Gasteiger partial charge in [0.1, 0.15) is 5.76 Å². The number of carbonyl (C=O) groups is 1. The molecule has 162 valence electrons. The molecule has 0 saturated carbocycles. The molecule has 2 aromatic carbocycles. The normalized spacial score (nSPS) is 15.0. The van der Waals surface area contributed by atoms with Crippen molar-refractivity contribution in [2.75, 3.05) is 38.0 Å². The molecule has 31 heavy (non-hydrogen) atoms. The zero-order valence-corrected chi connectivity index (χ0v) is 17.8. The summed E-state index contributed by atoms with van der Waals surface area (Å²) in [7, 11) is 0. The van der Waals surface area contributed by atoms with E-state index in [1.807, 2.05) is 42.5 Å². The summed E-state index contributed by atoms with van der Waals surface area (Å²) in [6.45, 7) is 6.61. The first-order valence-electron chi connectivity index (χ1n) is 10.9. The molecule has 0 aliphatic carbocycles. The van der Waals surface area contributed by atoms with Crippen molar-refractivity contribution < 1.29 is 9.21 Å². The quantitative estimate of drug-likeness (QED) is 0.581. The zero-order valence-electron chi connectivity index (χ0n) is 17.8. The van der Waals surface area contributed by atoms with Gasteiger partial charge >= 0.3 is 6.03 Å². The summed E-state index contributed by atoms with van der Waals surface area (Å²) in [6.07, 6.45) is 2.56. The largest absolute Gasteiger partial charge is 0.468 e. The maximum Gasteiger partial charge on any atom is 0.319 e. The fourth-order valence-corrected chi connectivity index (χ4v) is 3.82. The van der Waals surface area contributed by atoms with Crippen LogP contribution >= 0.6 is 0 Å². The first-order valence-corrected chi connectivity index (χ1v) is 10.9. The van der Waals surface area contributed by atoms with Crippen LogP contribution in [0.5, 0.6) is 0 Å². The Kier molecular flexibility index (Phi) is 7.37. The summed E-state index contributed by atoms with van der Waals surface area (Å²) in [5, 5.41) is 5.82. The molecule has 0 spiro atoms. The molecule has 6 nitrogen and oxygen atoms in total. The second kappa shape index (κ2) is 10.8. The molecule has 0 radical (unpaired) electrons. The van der Waals surface area contributed by atoms with Gasteiger partial charge in [-0.1, -0.05) is 42.5 Å². The maximum absolute atomic E-state index is 12.1. The molecule has 2 N–H and O–H groups in total. The van der Waals surface area contributed by atoms with E-state index >= 15 is 0 Å². The van der Waals surface area contributed by atoms with Crippen LogP contribution in [-0.4, -0.2) is 48.6 Å². The van der Waals surface area contributed by atoms with Crippen molar-refractivity contribution in [3.8, 4) is 0 Å². The predicted octanol–water partition coefficient (Wildman–Crippen LogP) is 3.96. The highest BCUT2D eigenvalue weighted by Crippen LogP contribution is 2.14. The molecule has 4 rings (SSSR count). The first kappa shape index (κ1) is 21.2. The zero-order chi connectivity index (χ0) is 21.3. The number of nitrogens with zero attached hydrogens (tertiary/aromatic N) is 2. The summed E-state index contributed by atoms with van der Waals surface area (Å²) in [5.41, 5.74) is 3.28. The molecule has 6 heteroatoms. The van der Waals surface area contributed by atoms with E-state index in [4.69, 9.17) is 4.42 Å². The van der Waals surface area contributed by atoms with E-state index in [1.54, 1.807) is 6.26 Å². The van der Waals surface area contributed by atoms with Gasteiger partial charge in [0.15, 0.2) is 0 Å². The third-order valence-corrected chi connectivity index (χ3v) is 5.58. The lowest BCUT2D eigenvalue weighted by Crippen LogP contribution is -2.45. The molecule has 2 heterocycles. The summed E-state index contributed by atoms with van der Waals surface area (Å²) >= 11 is 0. The van der Waals surface area contributed by atoms with Crippen LogP contribution in [0.1, 0.15) is 16.9 Å². The van der Waals surface area contributed by atoms with Gasteiger partial charge in [0.05, 0.1) is 12.8 Å². The van der Waals surface area contributed by atoms with E-state index in [0.29, 0.717) is 6.54 Å². The molecule has 0 bridgehead atoms. The lowest BCUT2D eigenvalue weighted by atomic mass is 10.1. The maximum atomic E-state index is 12.1. The van der Waals surface area contributed by atoms with Gasteiger partial charge in [-0.05, 0) is 41.8 Å². The molecule has 1 aromatic heterocycles. The smallest absolute Gasteiger partial charge is 0.319 e. The Labute approximate surface area is 183 Å². The Balaban J connectivity index is 1.16. The first-order chi connectivity index (χ1) is 15.2. The summed E-state index contributed by atoms with van der Waals surface area (Å²) < 4.78 is 5.45. The van der Waals surface area contributed by atoms with Crippen LogP contribution in [0.25, 0.3) is 0 Å². The number of piperazine rings is 1. The molecule has 3 aromatic rings. The van der Waals surface area contributed by atoms with E-state index in [2.05, 4.69) is 44.7 Å². The van der Waals surface area contributed by atoms with Gasteiger partial charge in [-0.15, -0.1) is 0 Å². The highest BCUT2D eigenvalue weighted by molar-refractivity contribution is 5.89. The molecule has 2 amide bonds. The van der Waals surface area contributed by atoms with Gasteiger partial charge < -0.3 is 15.1 Å². The number of urea groups is 1. The minimum Gasteiger partial charge on any atom is -0.468 e. The fourth-order valence-electron chi connectivity index (χ4n) is 3.82. The van der Waals surface area contributed by atoms with Gasteiger partial charge in [0.2, 0.25) is 0 Å². The molecule has 0 atom stereocenters. The lowest BCUT2D eigenvalue weighted by Gasteiger charge is -2.34. The van der Waals surface area contributed by atoms with E-state index in [1.165, 1.54) is 11.1 Å². The number of amides is 2. The Morgan fingerprint density at radius 3 is 2.19 bits per heavy atom. The van der Waals surface area contributed by atoms with Gasteiger partial charge in [0.25, 0.3) is 0 Å². The Hall–Kier alpha value is -3.09. The SMILES string of the molecule is O=C(NCCc1ccccc1)Nc1ccc(CN2CCN(Cc3ccco3)CC2)cc1.